The van der Waals surface area contributed by atoms with Crippen LogP contribution in [0.5, 0.6) is 5.75 Å². The number of alkyl halides is 2. The molecule has 0 unspecified atom stereocenters. The summed E-state index contributed by atoms with van der Waals surface area (Å²) < 4.78 is 43.1. The maximum atomic E-state index is 13.9. The second kappa shape index (κ2) is 5.44. The van der Waals surface area contributed by atoms with Gasteiger partial charge in [0.25, 0.3) is 0 Å². The number of hydrogen-bond donors (Lipinski definition) is 0. The molecule has 0 aliphatic heterocycles. The molecule has 94 valence electrons. The van der Waals surface area contributed by atoms with Crippen molar-refractivity contribution in [2.45, 2.75) is 6.61 Å². The largest absolute Gasteiger partial charge is 0.434 e. The lowest BCUT2D eigenvalue weighted by Gasteiger charge is -2.11. The number of para-hydroxylation sites is 1. The summed E-state index contributed by atoms with van der Waals surface area (Å²) in [5.41, 5.74) is 0.497. The lowest BCUT2D eigenvalue weighted by molar-refractivity contribution is -0.0494. The van der Waals surface area contributed by atoms with Crippen LogP contribution in [0.1, 0.15) is 0 Å². The molecule has 2 aromatic carbocycles. The maximum absolute atomic E-state index is 13.9. The number of halogens is 4. The minimum atomic E-state index is -2.94. The molecule has 5 heteroatoms. The average molecular weight is 317 g/mol. The Labute approximate surface area is 110 Å². The van der Waals surface area contributed by atoms with E-state index in [1.54, 1.807) is 18.2 Å². The number of hydrogen-bond acceptors (Lipinski definition) is 1. The molecule has 0 atom stereocenters. The normalized spacial score (nSPS) is 10.7. The van der Waals surface area contributed by atoms with E-state index in [2.05, 4.69) is 20.7 Å². The smallest absolute Gasteiger partial charge is 0.387 e. The van der Waals surface area contributed by atoms with Gasteiger partial charge < -0.3 is 4.74 Å². The van der Waals surface area contributed by atoms with Crippen molar-refractivity contribution in [3.63, 3.8) is 0 Å². The third kappa shape index (κ3) is 2.67. The fraction of sp³-hybridized carbons (Fsp3) is 0.0769. The van der Waals surface area contributed by atoms with E-state index in [0.29, 0.717) is 0 Å². The molecule has 0 radical (unpaired) electrons. The zero-order valence-electron chi connectivity index (χ0n) is 9.04. The van der Waals surface area contributed by atoms with Crippen molar-refractivity contribution in [3.05, 3.63) is 52.8 Å². The Bertz CT molecular complexity index is 558. The molecule has 0 saturated heterocycles. The lowest BCUT2D eigenvalue weighted by atomic mass is 10.0. The molecule has 0 aromatic heterocycles. The Morgan fingerprint density at radius 3 is 2.33 bits per heavy atom. The van der Waals surface area contributed by atoms with Crippen LogP contribution in [0.15, 0.2) is 46.9 Å². The molecule has 1 nitrogen and oxygen atoms in total. The van der Waals surface area contributed by atoms with Crippen molar-refractivity contribution in [1.82, 2.24) is 0 Å². The van der Waals surface area contributed by atoms with Crippen molar-refractivity contribution in [3.8, 4) is 16.9 Å². The van der Waals surface area contributed by atoms with Crippen LogP contribution in [0.4, 0.5) is 13.2 Å². The second-order valence-corrected chi connectivity index (χ2v) is 4.33. The SMILES string of the molecule is Fc1c(Br)cccc1-c1ccccc1OC(F)F. The van der Waals surface area contributed by atoms with E-state index in [-0.39, 0.29) is 21.3 Å². The van der Waals surface area contributed by atoms with Crippen LogP contribution in [-0.2, 0) is 0 Å². The first-order valence-electron chi connectivity index (χ1n) is 5.08. The maximum Gasteiger partial charge on any atom is 0.387 e. The first kappa shape index (κ1) is 13.0. The van der Waals surface area contributed by atoms with Gasteiger partial charge in [0.2, 0.25) is 0 Å². The molecule has 0 spiro atoms. The highest BCUT2D eigenvalue weighted by atomic mass is 79.9. The molecule has 0 amide bonds. The summed E-state index contributed by atoms with van der Waals surface area (Å²) in [4.78, 5) is 0. The van der Waals surface area contributed by atoms with Gasteiger partial charge in [-0.3, -0.25) is 0 Å². The zero-order chi connectivity index (χ0) is 13.1. The molecule has 0 aliphatic rings. The Hall–Kier alpha value is -1.49. The molecule has 18 heavy (non-hydrogen) atoms. The molecule has 0 saturated carbocycles. The molecular weight excluding hydrogens is 309 g/mol. The summed E-state index contributed by atoms with van der Waals surface area (Å²) >= 11 is 3.05. The van der Waals surface area contributed by atoms with Crippen LogP contribution >= 0.6 is 15.9 Å². The minimum Gasteiger partial charge on any atom is -0.434 e. The number of rotatable bonds is 3. The highest BCUT2D eigenvalue weighted by Crippen LogP contribution is 2.34. The number of benzene rings is 2. The van der Waals surface area contributed by atoms with Gasteiger partial charge in [-0.2, -0.15) is 8.78 Å². The summed E-state index contributed by atoms with van der Waals surface area (Å²) in [6.45, 7) is -2.94. The van der Waals surface area contributed by atoms with Gasteiger partial charge in [0.1, 0.15) is 11.6 Å². The summed E-state index contributed by atoms with van der Waals surface area (Å²) in [6.07, 6.45) is 0. The van der Waals surface area contributed by atoms with Crippen LogP contribution in [0, 0.1) is 5.82 Å². The van der Waals surface area contributed by atoms with Crippen molar-refractivity contribution in [1.29, 1.82) is 0 Å². The van der Waals surface area contributed by atoms with E-state index >= 15 is 0 Å². The Morgan fingerprint density at radius 1 is 0.944 bits per heavy atom. The molecule has 0 N–H and O–H groups in total. The Balaban J connectivity index is 2.53. The molecule has 0 aliphatic carbocycles. The summed E-state index contributed by atoms with van der Waals surface area (Å²) in [5, 5.41) is 0. The molecular formula is C13H8BrF3O. The lowest BCUT2D eigenvalue weighted by Crippen LogP contribution is -2.03. The molecule has 0 fully saturated rings. The van der Waals surface area contributed by atoms with E-state index in [9.17, 15) is 13.2 Å². The predicted molar refractivity (Wildman–Crippen MR) is 66.2 cm³/mol. The van der Waals surface area contributed by atoms with Gasteiger partial charge in [-0.1, -0.05) is 30.3 Å². The highest BCUT2D eigenvalue weighted by Gasteiger charge is 2.14. The van der Waals surface area contributed by atoms with E-state index in [1.807, 2.05) is 0 Å². The first-order valence-corrected chi connectivity index (χ1v) is 5.87. The fourth-order valence-corrected chi connectivity index (χ4v) is 1.97. The van der Waals surface area contributed by atoms with Gasteiger partial charge in [0.05, 0.1) is 4.47 Å². The van der Waals surface area contributed by atoms with Gasteiger partial charge in [0, 0.05) is 11.1 Å². The molecule has 0 bridgehead atoms. The van der Waals surface area contributed by atoms with Crippen molar-refractivity contribution in [2.75, 3.05) is 0 Å². The fourth-order valence-electron chi connectivity index (χ4n) is 1.60. The zero-order valence-corrected chi connectivity index (χ0v) is 10.6. The first-order chi connectivity index (χ1) is 8.59. The van der Waals surface area contributed by atoms with Gasteiger partial charge in [-0.05, 0) is 28.1 Å². The minimum absolute atomic E-state index is 0.0514. The van der Waals surface area contributed by atoms with Crippen molar-refractivity contribution >= 4 is 15.9 Å². The van der Waals surface area contributed by atoms with Crippen LogP contribution in [0.2, 0.25) is 0 Å². The van der Waals surface area contributed by atoms with E-state index in [4.69, 9.17) is 0 Å². The van der Waals surface area contributed by atoms with Crippen LogP contribution in [0.25, 0.3) is 11.1 Å². The van der Waals surface area contributed by atoms with E-state index in [1.165, 1.54) is 24.3 Å². The summed E-state index contributed by atoms with van der Waals surface area (Å²) in [7, 11) is 0. The van der Waals surface area contributed by atoms with Gasteiger partial charge in [-0.15, -0.1) is 0 Å². The van der Waals surface area contributed by atoms with Crippen LogP contribution in [-0.4, -0.2) is 6.61 Å². The van der Waals surface area contributed by atoms with Crippen molar-refractivity contribution in [2.24, 2.45) is 0 Å². The monoisotopic (exact) mass is 316 g/mol. The standard InChI is InChI=1S/C13H8BrF3O/c14-10-6-3-5-9(12(10)15)8-4-1-2-7-11(8)18-13(16)17/h1-7,13H. The molecule has 2 rings (SSSR count). The quantitative estimate of drug-likeness (QED) is 0.786. The second-order valence-electron chi connectivity index (χ2n) is 3.48. The summed E-state index contributed by atoms with van der Waals surface area (Å²) in [6, 6.07) is 10.8. The van der Waals surface area contributed by atoms with Crippen LogP contribution in [0.3, 0.4) is 0 Å². The third-order valence-corrected chi connectivity index (χ3v) is 2.96. The third-order valence-electron chi connectivity index (χ3n) is 2.34. The molecule has 2 aromatic rings. The van der Waals surface area contributed by atoms with Gasteiger partial charge in [-0.25, -0.2) is 4.39 Å². The van der Waals surface area contributed by atoms with Crippen LogP contribution < -0.4 is 4.74 Å². The van der Waals surface area contributed by atoms with E-state index in [0.717, 1.165) is 0 Å². The Kier molecular flexibility index (Phi) is 3.91. The van der Waals surface area contributed by atoms with Crippen molar-refractivity contribution < 1.29 is 17.9 Å². The van der Waals surface area contributed by atoms with E-state index < -0.39 is 12.4 Å². The van der Waals surface area contributed by atoms with Gasteiger partial charge in [0.15, 0.2) is 0 Å². The average Bonchev–Trinajstić information content (AvgIpc) is 2.33. The topological polar surface area (TPSA) is 9.23 Å². The van der Waals surface area contributed by atoms with Gasteiger partial charge >= 0.3 is 6.61 Å². The summed E-state index contributed by atoms with van der Waals surface area (Å²) in [5.74, 6) is -0.563. The number of ether oxygens (including phenoxy) is 1. The Morgan fingerprint density at radius 2 is 1.61 bits per heavy atom. The highest BCUT2D eigenvalue weighted by molar-refractivity contribution is 9.10. The molecule has 0 heterocycles. The predicted octanol–water partition coefficient (Wildman–Crippen LogP) is 4.86.